The predicted octanol–water partition coefficient (Wildman–Crippen LogP) is 2.43. The molecule has 2 heterocycles. The fourth-order valence-electron chi connectivity index (χ4n) is 3.56. The molecule has 2 saturated heterocycles. The highest BCUT2D eigenvalue weighted by Gasteiger charge is 2.38. The van der Waals surface area contributed by atoms with E-state index in [1.54, 1.807) is 4.90 Å². The van der Waals surface area contributed by atoms with Gasteiger partial charge in [0, 0.05) is 37.1 Å². The molecule has 3 unspecified atom stereocenters. The van der Waals surface area contributed by atoms with E-state index in [-0.39, 0.29) is 29.9 Å². The molecule has 2 aliphatic heterocycles. The van der Waals surface area contributed by atoms with E-state index in [2.05, 4.69) is 15.9 Å². The van der Waals surface area contributed by atoms with Crippen molar-refractivity contribution in [3.05, 3.63) is 34.3 Å². The highest BCUT2D eigenvalue weighted by molar-refractivity contribution is 9.10. The maximum absolute atomic E-state index is 12.8. The van der Waals surface area contributed by atoms with Gasteiger partial charge in [-0.25, -0.2) is 0 Å². The molecule has 130 valence electrons. The largest absolute Gasteiger partial charge is 0.372 e. The second kappa shape index (κ2) is 7.23. The standard InChI is InChI=1S/C18H23BrN2O3/c1-12-8-21(9-13(2)24-12)18(23)15-7-17(22)20(11-15)10-14-4-3-5-16(19)6-14/h3-6,12-13,15H,7-11H2,1-2H3. The molecular weight excluding hydrogens is 372 g/mol. The molecule has 6 heteroatoms. The summed E-state index contributed by atoms with van der Waals surface area (Å²) in [4.78, 5) is 28.7. The number of ether oxygens (including phenoxy) is 1. The summed E-state index contributed by atoms with van der Waals surface area (Å²) in [5.41, 5.74) is 1.07. The van der Waals surface area contributed by atoms with Crippen LogP contribution in [-0.4, -0.2) is 53.5 Å². The number of morpholine rings is 1. The van der Waals surface area contributed by atoms with Gasteiger partial charge in [-0.2, -0.15) is 0 Å². The van der Waals surface area contributed by atoms with Crippen molar-refractivity contribution in [2.75, 3.05) is 19.6 Å². The molecule has 0 N–H and O–H groups in total. The van der Waals surface area contributed by atoms with E-state index >= 15 is 0 Å². The van der Waals surface area contributed by atoms with Gasteiger partial charge in [0.1, 0.15) is 0 Å². The van der Waals surface area contributed by atoms with Crippen LogP contribution in [0, 0.1) is 5.92 Å². The molecule has 2 fully saturated rings. The molecule has 1 aromatic carbocycles. The minimum Gasteiger partial charge on any atom is -0.372 e. The number of hydrogen-bond acceptors (Lipinski definition) is 3. The number of hydrogen-bond donors (Lipinski definition) is 0. The highest BCUT2D eigenvalue weighted by atomic mass is 79.9. The molecule has 3 atom stereocenters. The van der Waals surface area contributed by atoms with Crippen LogP contribution in [0.3, 0.4) is 0 Å². The van der Waals surface area contributed by atoms with Gasteiger partial charge in [0.2, 0.25) is 11.8 Å². The molecule has 2 aliphatic rings. The van der Waals surface area contributed by atoms with Crippen LogP contribution < -0.4 is 0 Å². The van der Waals surface area contributed by atoms with Crippen LogP contribution in [0.4, 0.5) is 0 Å². The van der Waals surface area contributed by atoms with E-state index < -0.39 is 0 Å². The zero-order valence-electron chi connectivity index (χ0n) is 14.1. The fourth-order valence-corrected chi connectivity index (χ4v) is 4.01. The second-order valence-corrected chi connectivity index (χ2v) is 7.72. The first-order valence-electron chi connectivity index (χ1n) is 8.39. The topological polar surface area (TPSA) is 49.9 Å². The first kappa shape index (κ1) is 17.4. The summed E-state index contributed by atoms with van der Waals surface area (Å²) in [7, 11) is 0. The Hall–Kier alpha value is -1.40. The zero-order chi connectivity index (χ0) is 17.3. The zero-order valence-corrected chi connectivity index (χ0v) is 15.7. The van der Waals surface area contributed by atoms with Crippen molar-refractivity contribution in [3.63, 3.8) is 0 Å². The third-order valence-electron chi connectivity index (χ3n) is 4.56. The lowest BCUT2D eigenvalue weighted by Crippen LogP contribution is -2.50. The number of carbonyl (C=O) groups excluding carboxylic acids is 2. The summed E-state index contributed by atoms with van der Waals surface area (Å²) in [5, 5.41) is 0. The van der Waals surface area contributed by atoms with Crippen LogP contribution in [0.5, 0.6) is 0 Å². The smallest absolute Gasteiger partial charge is 0.228 e. The van der Waals surface area contributed by atoms with E-state index in [0.29, 0.717) is 32.6 Å². The second-order valence-electron chi connectivity index (χ2n) is 6.81. The first-order chi connectivity index (χ1) is 11.4. The van der Waals surface area contributed by atoms with Crippen LogP contribution >= 0.6 is 15.9 Å². The van der Waals surface area contributed by atoms with Crippen LogP contribution in [-0.2, 0) is 20.9 Å². The van der Waals surface area contributed by atoms with Crippen LogP contribution in [0.1, 0.15) is 25.8 Å². The van der Waals surface area contributed by atoms with E-state index in [0.717, 1.165) is 10.0 Å². The Kier molecular flexibility index (Phi) is 5.25. The SMILES string of the molecule is CC1CN(C(=O)C2CC(=O)N(Cc3cccc(Br)c3)C2)CC(C)O1. The normalized spacial score (nSPS) is 27.6. The fraction of sp³-hybridized carbons (Fsp3) is 0.556. The Labute approximate surface area is 151 Å². The molecule has 5 nitrogen and oxygen atoms in total. The van der Waals surface area contributed by atoms with Gasteiger partial charge >= 0.3 is 0 Å². The summed E-state index contributed by atoms with van der Waals surface area (Å²) >= 11 is 3.45. The van der Waals surface area contributed by atoms with Gasteiger partial charge in [-0.05, 0) is 31.5 Å². The van der Waals surface area contributed by atoms with Crippen molar-refractivity contribution >= 4 is 27.7 Å². The molecule has 3 rings (SSSR count). The number of carbonyl (C=O) groups is 2. The molecular formula is C18H23BrN2O3. The third-order valence-corrected chi connectivity index (χ3v) is 5.05. The first-order valence-corrected chi connectivity index (χ1v) is 9.18. The summed E-state index contributed by atoms with van der Waals surface area (Å²) in [6, 6.07) is 7.92. The predicted molar refractivity (Wildman–Crippen MR) is 94.3 cm³/mol. The van der Waals surface area contributed by atoms with Gasteiger partial charge in [-0.1, -0.05) is 28.1 Å². The van der Waals surface area contributed by atoms with Gasteiger partial charge < -0.3 is 14.5 Å². The summed E-state index contributed by atoms with van der Waals surface area (Å²) < 4.78 is 6.68. The molecule has 0 bridgehead atoms. The lowest BCUT2D eigenvalue weighted by molar-refractivity contribution is -0.147. The number of halogens is 1. The van der Waals surface area contributed by atoms with Gasteiger partial charge in [0.25, 0.3) is 0 Å². The quantitative estimate of drug-likeness (QED) is 0.790. The number of rotatable bonds is 3. The third kappa shape index (κ3) is 3.98. The van der Waals surface area contributed by atoms with E-state index in [9.17, 15) is 9.59 Å². The van der Waals surface area contributed by atoms with E-state index in [1.165, 1.54) is 0 Å². The summed E-state index contributed by atoms with van der Waals surface area (Å²) in [6.07, 6.45) is 0.410. The molecule has 0 aliphatic carbocycles. The van der Waals surface area contributed by atoms with Crippen molar-refractivity contribution in [1.29, 1.82) is 0 Å². The number of nitrogens with zero attached hydrogens (tertiary/aromatic N) is 2. The molecule has 0 aromatic heterocycles. The maximum atomic E-state index is 12.8. The Morgan fingerprint density at radius 2 is 1.96 bits per heavy atom. The lowest BCUT2D eigenvalue weighted by Gasteiger charge is -2.36. The molecule has 24 heavy (non-hydrogen) atoms. The summed E-state index contributed by atoms with van der Waals surface area (Å²) in [5.74, 6) is -0.0908. The van der Waals surface area contributed by atoms with Crippen molar-refractivity contribution < 1.29 is 14.3 Å². The minimum absolute atomic E-state index is 0.0487. The van der Waals surface area contributed by atoms with Gasteiger partial charge in [0.05, 0.1) is 18.1 Å². The van der Waals surface area contributed by atoms with Gasteiger partial charge in [0.15, 0.2) is 0 Å². The molecule has 0 radical (unpaired) electrons. The van der Waals surface area contributed by atoms with E-state index in [1.807, 2.05) is 43.0 Å². The van der Waals surface area contributed by atoms with Crippen LogP contribution in [0.15, 0.2) is 28.7 Å². The molecule has 1 aromatic rings. The van der Waals surface area contributed by atoms with Crippen molar-refractivity contribution in [3.8, 4) is 0 Å². The molecule has 0 saturated carbocycles. The minimum atomic E-state index is -0.234. The monoisotopic (exact) mass is 394 g/mol. The average molecular weight is 395 g/mol. The average Bonchev–Trinajstić information content (AvgIpc) is 2.86. The van der Waals surface area contributed by atoms with Gasteiger partial charge in [-0.3, -0.25) is 9.59 Å². The molecule has 2 amide bonds. The number of amides is 2. The highest BCUT2D eigenvalue weighted by Crippen LogP contribution is 2.24. The lowest BCUT2D eigenvalue weighted by atomic mass is 10.1. The Morgan fingerprint density at radius 1 is 1.25 bits per heavy atom. The van der Waals surface area contributed by atoms with Crippen molar-refractivity contribution in [2.24, 2.45) is 5.92 Å². The van der Waals surface area contributed by atoms with Crippen molar-refractivity contribution in [2.45, 2.75) is 39.0 Å². The van der Waals surface area contributed by atoms with Crippen LogP contribution in [0.2, 0.25) is 0 Å². The van der Waals surface area contributed by atoms with Crippen LogP contribution in [0.25, 0.3) is 0 Å². The Morgan fingerprint density at radius 3 is 2.62 bits per heavy atom. The summed E-state index contributed by atoms with van der Waals surface area (Å²) in [6.45, 7) is 6.24. The maximum Gasteiger partial charge on any atom is 0.228 e. The molecule has 0 spiro atoms. The number of benzene rings is 1. The van der Waals surface area contributed by atoms with E-state index in [4.69, 9.17) is 4.74 Å². The Bertz CT molecular complexity index is 626. The Balaban J connectivity index is 1.62. The number of likely N-dealkylation sites (tertiary alicyclic amines) is 1. The van der Waals surface area contributed by atoms with Gasteiger partial charge in [-0.15, -0.1) is 0 Å². The van der Waals surface area contributed by atoms with Crippen molar-refractivity contribution in [1.82, 2.24) is 9.80 Å².